The van der Waals surface area contributed by atoms with Gasteiger partial charge in [-0.05, 0) is 48.2 Å². The molecule has 3 amide bonds. The third kappa shape index (κ3) is 3.16. The van der Waals surface area contributed by atoms with Crippen LogP contribution in [0.25, 0.3) is 0 Å². The third-order valence-electron chi connectivity index (χ3n) is 5.27. The number of nitrogens with one attached hydrogen (secondary N) is 2. The summed E-state index contributed by atoms with van der Waals surface area (Å²) in [7, 11) is 0. The number of nitrogens with zero attached hydrogens (tertiary/aromatic N) is 1. The van der Waals surface area contributed by atoms with Crippen LogP contribution in [0.15, 0.2) is 30.3 Å². The molecule has 148 valence electrons. The largest absolute Gasteiger partial charge is 0.486 e. The first kappa shape index (κ1) is 17.5. The van der Waals surface area contributed by atoms with Crippen molar-refractivity contribution in [3.8, 4) is 11.5 Å². The lowest BCUT2D eigenvalue weighted by Crippen LogP contribution is -2.31. The number of carbonyl (C=O) groups is 3. The molecule has 0 aromatic heterocycles. The number of fused-ring (bicyclic) bond motifs is 1. The Morgan fingerprint density at radius 2 is 1.62 bits per heavy atom. The average molecular weight is 393 g/mol. The van der Waals surface area contributed by atoms with E-state index in [2.05, 4.69) is 10.6 Å². The minimum atomic E-state index is -0.784. The Balaban J connectivity index is 1.30. The van der Waals surface area contributed by atoms with E-state index in [0.29, 0.717) is 42.5 Å². The predicted molar refractivity (Wildman–Crippen MR) is 106 cm³/mol. The van der Waals surface area contributed by atoms with E-state index in [9.17, 15) is 14.4 Å². The number of hydrogen-bond acceptors (Lipinski definition) is 5. The van der Waals surface area contributed by atoms with Crippen molar-refractivity contribution >= 4 is 34.8 Å². The van der Waals surface area contributed by atoms with Crippen molar-refractivity contribution < 1.29 is 23.9 Å². The molecule has 2 N–H and O–H groups in total. The summed E-state index contributed by atoms with van der Waals surface area (Å²) in [5, 5.41) is 5.22. The van der Waals surface area contributed by atoms with Gasteiger partial charge in [-0.2, -0.15) is 0 Å². The lowest BCUT2D eigenvalue weighted by molar-refractivity contribution is -0.133. The highest BCUT2D eigenvalue weighted by atomic mass is 16.6. The Bertz CT molecular complexity index is 1050. The van der Waals surface area contributed by atoms with Gasteiger partial charge >= 0.3 is 11.8 Å². The third-order valence-corrected chi connectivity index (χ3v) is 5.27. The summed E-state index contributed by atoms with van der Waals surface area (Å²) in [6.07, 6.45) is 2.06. The van der Waals surface area contributed by atoms with Gasteiger partial charge in [0, 0.05) is 24.0 Å². The topological polar surface area (TPSA) is 97.0 Å². The van der Waals surface area contributed by atoms with E-state index < -0.39 is 11.8 Å². The lowest BCUT2D eigenvalue weighted by Gasteiger charge is -2.26. The van der Waals surface area contributed by atoms with Crippen molar-refractivity contribution in [3.63, 3.8) is 0 Å². The number of aryl methyl sites for hydroxylation is 1. The Hall–Kier alpha value is -3.55. The zero-order chi connectivity index (χ0) is 20.0. The number of carbonyl (C=O) groups excluding carboxylic acids is 3. The van der Waals surface area contributed by atoms with Crippen molar-refractivity contribution in [2.75, 3.05) is 35.3 Å². The van der Waals surface area contributed by atoms with E-state index in [-0.39, 0.29) is 5.91 Å². The molecule has 8 nitrogen and oxygen atoms in total. The Morgan fingerprint density at radius 1 is 0.897 bits per heavy atom. The molecule has 0 saturated carbocycles. The summed E-state index contributed by atoms with van der Waals surface area (Å²) in [5.41, 5.74) is 3.87. The number of rotatable bonds is 2. The molecule has 8 heteroatoms. The molecule has 0 unspecified atom stereocenters. The Morgan fingerprint density at radius 3 is 2.45 bits per heavy atom. The zero-order valence-corrected chi connectivity index (χ0v) is 15.6. The highest BCUT2D eigenvalue weighted by molar-refractivity contribution is 6.43. The van der Waals surface area contributed by atoms with E-state index >= 15 is 0 Å². The van der Waals surface area contributed by atoms with Crippen LogP contribution in [0.2, 0.25) is 0 Å². The fourth-order valence-electron chi connectivity index (χ4n) is 4.05. The van der Waals surface area contributed by atoms with Crippen LogP contribution in [-0.4, -0.2) is 37.5 Å². The van der Waals surface area contributed by atoms with Crippen molar-refractivity contribution in [3.05, 3.63) is 41.5 Å². The molecule has 0 bridgehead atoms. The number of anilines is 3. The summed E-state index contributed by atoms with van der Waals surface area (Å²) in [5.74, 6) is -0.339. The molecule has 29 heavy (non-hydrogen) atoms. The van der Waals surface area contributed by atoms with Crippen LogP contribution in [0, 0.1) is 0 Å². The van der Waals surface area contributed by atoms with E-state index in [4.69, 9.17) is 9.47 Å². The van der Waals surface area contributed by atoms with Gasteiger partial charge in [0.25, 0.3) is 0 Å². The predicted octanol–water partition coefficient (Wildman–Crippen LogP) is 1.87. The Labute approximate surface area is 166 Å². The van der Waals surface area contributed by atoms with Crippen molar-refractivity contribution in [1.82, 2.24) is 0 Å². The summed E-state index contributed by atoms with van der Waals surface area (Å²) >= 11 is 0. The van der Waals surface area contributed by atoms with Gasteiger partial charge < -0.3 is 25.0 Å². The molecule has 0 saturated heterocycles. The minimum Gasteiger partial charge on any atom is -0.486 e. The first-order valence-electron chi connectivity index (χ1n) is 9.56. The molecule has 0 fully saturated rings. The maximum atomic E-state index is 12.4. The SMILES string of the molecule is O=C(Nc1cc2c3c(c1)CC(=O)N3CCC2)C(=O)Nc1ccc2c(c1)OCCO2. The molecule has 5 rings (SSSR count). The van der Waals surface area contributed by atoms with Gasteiger partial charge in [0.2, 0.25) is 5.91 Å². The normalized spacial score (nSPS) is 16.3. The first-order chi connectivity index (χ1) is 14.1. The molecular formula is C21H19N3O5. The van der Waals surface area contributed by atoms with Gasteiger partial charge in [0.15, 0.2) is 11.5 Å². The molecule has 2 aromatic rings. The van der Waals surface area contributed by atoms with Gasteiger partial charge in [-0.25, -0.2) is 0 Å². The second-order valence-corrected chi connectivity index (χ2v) is 7.24. The molecule has 3 aliphatic heterocycles. The summed E-state index contributed by atoms with van der Waals surface area (Å²) < 4.78 is 10.9. The molecule has 0 atom stereocenters. The van der Waals surface area contributed by atoms with E-state index in [1.165, 1.54) is 0 Å². The van der Waals surface area contributed by atoms with Crippen molar-refractivity contribution in [1.29, 1.82) is 0 Å². The van der Waals surface area contributed by atoms with Crippen molar-refractivity contribution in [2.24, 2.45) is 0 Å². The second kappa shape index (κ2) is 6.80. The van der Waals surface area contributed by atoms with Crippen LogP contribution in [0.4, 0.5) is 17.1 Å². The molecule has 0 spiro atoms. The summed E-state index contributed by atoms with van der Waals surface area (Å²) in [6, 6.07) is 8.59. The smallest absolute Gasteiger partial charge is 0.314 e. The van der Waals surface area contributed by atoms with Gasteiger partial charge in [-0.3, -0.25) is 14.4 Å². The molecule has 3 aliphatic rings. The fourth-order valence-corrected chi connectivity index (χ4v) is 4.05. The molecule has 3 heterocycles. The number of ether oxygens (including phenoxy) is 2. The first-order valence-corrected chi connectivity index (χ1v) is 9.56. The highest BCUT2D eigenvalue weighted by Gasteiger charge is 2.32. The van der Waals surface area contributed by atoms with Crippen LogP contribution >= 0.6 is 0 Å². The van der Waals surface area contributed by atoms with Gasteiger partial charge in [0.1, 0.15) is 13.2 Å². The van der Waals surface area contributed by atoms with Crippen LogP contribution < -0.4 is 25.0 Å². The number of hydrogen-bond donors (Lipinski definition) is 2. The maximum Gasteiger partial charge on any atom is 0.314 e. The quantitative estimate of drug-likeness (QED) is 0.760. The average Bonchev–Trinajstić information content (AvgIpc) is 3.04. The maximum absolute atomic E-state index is 12.4. The number of benzene rings is 2. The van der Waals surface area contributed by atoms with Gasteiger partial charge in [0.05, 0.1) is 12.1 Å². The van der Waals surface area contributed by atoms with Crippen LogP contribution in [0.5, 0.6) is 11.5 Å². The number of amides is 3. The van der Waals surface area contributed by atoms with Crippen LogP contribution in [0.3, 0.4) is 0 Å². The van der Waals surface area contributed by atoms with E-state index in [1.807, 2.05) is 11.0 Å². The molecule has 0 aliphatic carbocycles. The summed E-state index contributed by atoms with van der Waals surface area (Å²) in [4.78, 5) is 38.7. The Kier molecular flexibility index (Phi) is 4.12. The van der Waals surface area contributed by atoms with Crippen LogP contribution in [0.1, 0.15) is 17.5 Å². The van der Waals surface area contributed by atoms with E-state index in [1.54, 1.807) is 24.3 Å². The standard InChI is InChI=1S/C21H19N3O5/c25-18-10-13-9-15(8-12-2-1-5-24(18)19(12)13)23-21(27)20(26)22-14-3-4-16-17(11-14)29-7-6-28-16/h3-4,8-9,11H,1-2,5-7,10H2,(H,22,26)(H,23,27). The van der Waals surface area contributed by atoms with Crippen LogP contribution in [-0.2, 0) is 27.2 Å². The fraction of sp³-hybridized carbons (Fsp3) is 0.286. The van der Waals surface area contributed by atoms with E-state index in [0.717, 1.165) is 36.2 Å². The minimum absolute atomic E-state index is 0.0841. The second-order valence-electron chi connectivity index (χ2n) is 7.24. The molecule has 0 radical (unpaired) electrons. The monoisotopic (exact) mass is 393 g/mol. The lowest BCUT2D eigenvalue weighted by atomic mass is 9.99. The molecular weight excluding hydrogens is 374 g/mol. The van der Waals surface area contributed by atoms with Gasteiger partial charge in [-0.15, -0.1) is 0 Å². The van der Waals surface area contributed by atoms with Gasteiger partial charge in [-0.1, -0.05) is 0 Å². The highest BCUT2D eigenvalue weighted by Crippen LogP contribution is 2.39. The zero-order valence-electron chi connectivity index (χ0n) is 15.6. The van der Waals surface area contributed by atoms with Crippen molar-refractivity contribution in [2.45, 2.75) is 19.3 Å². The molecule has 2 aromatic carbocycles. The summed E-state index contributed by atoms with van der Waals surface area (Å²) in [6.45, 7) is 1.65.